The van der Waals surface area contributed by atoms with Crippen molar-refractivity contribution in [2.75, 3.05) is 0 Å². The highest BCUT2D eigenvalue weighted by Crippen LogP contribution is 2.25. The van der Waals surface area contributed by atoms with Gasteiger partial charge in [0.1, 0.15) is 0 Å². The Morgan fingerprint density at radius 1 is 0.833 bits per heavy atom. The summed E-state index contributed by atoms with van der Waals surface area (Å²) in [6.45, 7) is 10.3. The maximum Gasteiger partial charge on any atom is -0.00255 e. The van der Waals surface area contributed by atoms with Crippen molar-refractivity contribution in [3.05, 3.63) is 84.4 Å². The van der Waals surface area contributed by atoms with Crippen molar-refractivity contribution in [1.29, 1.82) is 0 Å². The maximum absolute atomic E-state index is 4.22. The first kappa shape index (κ1) is 12.4. The number of allylic oxidation sites excluding steroid dienone is 2. The quantitative estimate of drug-likeness (QED) is 0.700. The molecule has 0 nitrogen and oxygen atoms in total. The highest BCUT2D eigenvalue weighted by Gasteiger charge is 2.06. The first-order chi connectivity index (χ1) is 8.68. The van der Waals surface area contributed by atoms with E-state index in [1.807, 2.05) is 19.1 Å². The van der Waals surface area contributed by atoms with Crippen LogP contribution in [0.25, 0.3) is 11.1 Å². The van der Waals surface area contributed by atoms with E-state index in [1.165, 1.54) is 16.7 Å². The summed E-state index contributed by atoms with van der Waals surface area (Å²) in [4.78, 5) is 0. The van der Waals surface area contributed by atoms with E-state index >= 15 is 0 Å². The molecule has 0 radical (unpaired) electrons. The fourth-order valence-corrected chi connectivity index (χ4v) is 2.10. The van der Waals surface area contributed by atoms with Crippen LogP contribution in [0.3, 0.4) is 0 Å². The number of hydrogen-bond acceptors (Lipinski definition) is 0. The van der Waals surface area contributed by atoms with E-state index in [9.17, 15) is 0 Å². The Morgan fingerprint density at radius 3 is 2.00 bits per heavy atom. The minimum absolute atomic E-state index is 0.880. The van der Waals surface area contributed by atoms with E-state index in [0.29, 0.717) is 0 Å². The Kier molecular flexibility index (Phi) is 3.78. The zero-order chi connectivity index (χ0) is 13.0. The molecule has 90 valence electrons. The fourth-order valence-electron chi connectivity index (χ4n) is 2.10. The molecule has 2 aromatic rings. The lowest BCUT2D eigenvalue weighted by Crippen LogP contribution is -1.93. The van der Waals surface area contributed by atoms with E-state index in [-0.39, 0.29) is 0 Å². The third kappa shape index (κ3) is 2.78. The third-order valence-corrected chi connectivity index (χ3v) is 3.03. The SMILES string of the molecule is C=C(C)c1ccccc1C(=C)Cc1ccccc1. The molecule has 18 heavy (non-hydrogen) atoms. The molecule has 0 aliphatic carbocycles. The monoisotopic (exact) mass is 234 g/mol. The van der Waals surface area contributed by atoms with Crippen LogP contribution in [0.4, 0.5) is 0 Å². The molecule has 0 aliphatic heterocycles. The third-order valence-electron chi connectivity index (χ3n) is 3.03. The van der Waals surface area contributed by atoms with Crippen LogP contribution in [0.5, 0.6) is 0 Å². The fraction of sp³-hybridized carbons (Fsp3) is 0.111. The molecule has 0 aliphatic rings. The van der Waals surface area contributed by atoms with E-state index in [0.717, 1.165) is 17.6 Å². The predicted octanol–water partition coefficient (Wildman–Crippen LogP) is 4.98. The molecule has 0 heterocycles. The van der Waals surface area contributed by atoms with Crippen molar-refractivity contribution in [2.24, 2.45) is 0 Å². The van der Waals surface area contributed by atoms with Crippen LogP contribution in [0.1, 0.15) is 23.6 Å². The Balaban J connectivity index is 2.27. The standard InChI is InChI=1S/C18H18/c1-14(2)17-11-7-8-12-18(17)15(3)13-16-9-5-4-6-10-16/h4-12H,1,3,13H2,2H3. The molecular formula is C18H18. The van der Waals surface area contributed by atoms with Gasteiger partial charge < -0.3 is 0 Å². The second kappa shape index (κ2) is 5.50. The van der Waals surface area contributed by atoms with Gasteiger partial charge in [-0.15, -0.1) is 0 Å². The van der Waals surface area contributed by atoms with Crippen molar-refractivity contribution < 1.29 is 0 Å². The van der Waals surface area contributed by atoms with Gasteiger partial charge in [-0.3, -0.25) is 0 Å². The van der Waals surface area contributed by atoms with Crippen molar-refractivity contribution >= 4 is 11.1 Å². The first-order valence-electron chi connectivity index (χ1n) is 6.15. The number of benzene rings is 2. The van der Waals surface area contributed by atoms with Gasteiger partial charge in [0.25, 0.3) is 0 Å². The molecule has 0 amide bonds. The normalized spacial score (nSPS) is 10.1. The molecule has 2 rings (SSSR count). The zero-order valence-corrected chi connectivity index (χ0v) is 10.8. The van der Waals surface area contributed by atoms with Crippen molar-refractivity contribution in [1.82, 2.24) is 0 Å². The van der Waals surface area contributed by atoms with E-state index < -0.39 is 0 Å². The molecule has 0 spiro atoms. The second-order valence-electron chi connectivity index (χ2n) is 4.59. The molecule has 0 aromatic heterocycles. The molecule has 0 unspecified atom stereocenters. The Bertz CT molecular complexity index is 562. The molecule has 0 bridgehead atoms. The zero-order valence-electron chi connectivity index (χ0n) is 10.8. The maximum atomic E-state index is 4.22. The van der Waals surface area contributed by atoms with Crippen LogP contribution in [0, 0.1) is 0 Å². The minimum atomic E-state index is 0.880. The largest absolute Gasteiger partial charge is 0.0955 e. The average Bonchev–Trinajstić information content (AvgIpc) is 2.40. The summed E-state index contributed by atoms with van der Waals surface area (Å²) in [7, 11) is 0. The second-order valence-corrected chi connectivity index (χ2v) is 4.59. The van der Waals surface area contributed by atoms with E-state index in [1.54, 1.807) is 0 Å². The summed E-state index contributed by atoms with van der Waals surface area (Å²) in [5, 5.41) is 0. The lowest BCUT2D eigenvalue weighted by Gasteiger charge is -2.12. The summed E-state index contributed by atoms with van der Waals surface area (Å²) in [5.41, 5.74) is 5.91. The lowest BCUT2D eigenvalue weighted by molar-refractivity contribution is 1.28. The summed E-state index contributed by atoms with van der Waals surface area (Å²) >= 11 is 0. The lowest BCUT2D eigenvalue weighted by atomic mass is 9.93. The molecule has 2 aromatic carbocycles. The van der Waals surface area contributed by atoms with Crippen LogP contribution >= 0.6 is 0 Å². The van der Waals surface area contributed by atoms with Crippen LogP contribution in [0.2, 0.25) is 0 Å². The van der Waals surface area contributed by atoms with Gasteiger partial charge in [0.2, 0.25) is 0 Å². The highest BCUT2D eigenvalue weighted by molar-refractivity contribution is 5.78. The van der Waals surface area contributed by atoms with Crippen LogP contribution in [-0.4, -0.2) is 0 Å². The van der Waals surface area contributed by atoms with E-state index in [2.05, 4.69) is 55.6 Å². The van der Waals surface area contributed by atoms with E-state index in [4.69, 9.17) is 0 Å². The van der Waals surface area contributed by atoms with Crippen molar-refractivity contribution in [3.63, 3.8) is 0 Å². The Labute approximate surface area is 109 Å². The molecule has 0 atom stereocenters. The Hall–Kier alpha value is -2.08. The summed E-state index contributed by atoms with van der Waals surface area (Å²) in [5.74, 6) is 0. The minimum Gasteiger partial charge on any atom is -0.0955 e. The van der Waals surface area contributed by atoms with Crippen molar-refractivity contribution in [3.8, 4) is 0 Å². The van der Waals surface area contributed by atoms with Crippen LogP contribution in [-0.2, 0) is 6.42 Å². The topological polar surface area (TPSA) is 0 Å². The first-order valence-corrected chi connectivity index (χ1v) is 6.15. The van der Waals surface area contributed by atoms with Gasteiger partial charge in [-0.2, -0.15) is 0 Å². The van der Waals surface area contributed by atoms with Crippen LogP contribution in [0.15, 0.2) is 67.8 Å². The van der Waals surface area contributed by atoms with Crippen LogP contribution < -0.4 is 0 Å². The number of hydrogen-bond donors (Lipinski definition) is 0. The van der Waals surface area contributed by atoms with Crippen molar-refractivity contribution in [2.45, 2.75) is 13.3 Å². The molecule has 0 N–H and O–H groups in total. The van der Waals surface area contributed by atoms with Gasteiger partial charge in [-0.25, -0.2) is 0 Å². The molecule has 0 heteroatoms. The smallest absolute Gasteiger partial charge is 0.00255 e. The van der Waals surface area contributed by atoms with Gasteiger partial charge in [0, 0.05) is 0 Å². The highest BCUT2D eigenvalue weighted by atomic mass is 14.1. The number of rotatable bonds is 4. The summed E-state index contributed by atoms with van der Waals surface area (Å²) < 4.78 is 0. The Morgan fingerprint density at radius 2 is 1.39 bits per heavy atom. The molecule has 0 fully saturated rings. The predicted molar refractivity (Wildman–Crippen MR) is 80.3 cm³/mol. The molecule has 0 saturated carbocycles. The van der Waals surface area contributed by atoms with Gasteiger partial charge in [0.15, 0.2) is 0 Å². The van der Waals surface area contributed by atoms with Gasteiger partial charge in [0.05, 0.1) is 0 Å². The summed E-state index contributed by atoms with van der Waals surface area (Å²) in [6.07, 6.45) is 0.880. The average molecular weight is 234 g/mol. The van der Waals surface area contributed by atoms with Gasteiger partial charge >= 0.3 is 0 Å². The van der Waals surface area contributed by atoms with Gasteiger partial charge in [-0.1, -0.05) is 73.3 Å². The molecule has 0 saturated heterocycles. The molecular weight excluding hydrogens is 216 g/mol. The summed E-state index contributed by atoms with van der Waals surface area (Å²) in [6, 6.07) is 18.8. The van der Waals surface area contributed by atoms with Gasteiger partial charge in [-0.05, 0) is 35.6 Å².